The standard InChI is InChI=1S/C13H22N2O2S/c1-8(2)5-11(13(16)17)14-6-10-7-18-12(15-10)9(3)4/h7-9,11,14H,5-6H2,1-4H3,(H,16,17). The highest BCUT2D eigenvalue weighted by Gasteiger charge is 2.18. The second-order valence-electron chi connectivity index (χ2n) is 5.23. The van der Waals surface area contributed by atoms with Crippen LogP contribution in [0.5, 0.6) is 0 Å². The smallest absolute Gasteiger partial charge is 0.320 e. The number of nitrogens with zero attached hydrogens (tertiary/aromatic N) is 1. The molecule has 102 valence electrons. The van der Waals surface area contributed by atoms with Crippen molar-refractivity contribution in [2.24, 2.45) is 5.92 Å². The molecule has 18 heavy (non-hydrogen) atoms. The predicted octanol–water partition coefficient (Wildman–Crippen LogP) is 2.86. The molecule has 1 rings (SSSR count). The van der Waals surface area contributed by atoms with E-state index in [1.807, 2.05) is 19.2 Å². The first-order chi connectivity index (χ1) is 8.40. The zero-order valence-corrected chi connectivity index (χ0v) is 12.3. The fourth-order valence-electron chi connectivity index (χ4n) is 1.64. The molecule has 1 unspecified atom stereocenters. The normalized spacial score (nSPS) is 13.2. The Morgan fingerprint density at radius 2 is 2.11 bits per heavy atom. The van der Waals surface area contributed by atoms with Gasteiger partial charge in [-0.25, -0.2) is 4.98 Å². The van der Waals surface area contributed by atoms with Crippen molar-refractivity contribution < 1.29 is 9.90 Å². The van der Waals surface area contributed by atoms with Gasteiger partial charge in [-0.05, 0) is 12.3 Å². The molecule has 0 fully saturated rings. The van der Waals surface area contributed by atoms with Crippen molar-refractivity contribution >= 4 is 17.3 Å². The van der Waals surface area contributed by atoms with Crippen molar-refractivity contribution in [1.82, 2.24) is 10.3 Å². The molecule has 0 aliphatic rings. The van der Waals surface area contributed by atoms with Crippen LogP contribution in [-0.4, -0.2) is 22.1 Å². The Morgan fingerprint density at radius 3 is 2.56 bits per heavy atom. The molecular weight excluding hydrogens is 248 g/mol. The summed E-state index contributed by atoms with van der Waals surface area (Å²) in [5, 5.41) is 15.3. The van der Waals surface area contributed by atoms with E-state index in [0.717, 1.165) is 10.7 Å². The van der Waals surface area contributed by atoms with Crippen molar-refractivity contribution in [1.29, 1.82) is 0 Å². The third-order valence-corrected chi connectivity index (χ3v) is 3.79. The van der Waals surface area contributed by atoms with Crippen molar-refractivity contribution in [2.45, 2.75) is 52.6 Å². The lowest BCUT2D eigenvalue weighted by Gasteiger charge is -2.15. The van der Waals surface area contributed by atoms with Crippen LogP contribution in [0.2, 0.25) is 0 Å². The molecule has 0 aliphatic heterocycles. The number of nitrogens with one attached hydrogen (secondary N) is 1. The molecule has 0 amide bonds. The quantitative estimate of drug-likeness (QED) is 0.799. The largest absolute Gasteiger partial charge is 0.480 e. The van der Waals surface area contributed by atoms with Crippen molar-refractivity contribution in [3.05, 3.63) is 16.1 Å². The predicted molar refractivity (Wildman–Crippen MR) is 73.9 cm³/mol. The Balaban J connectivity index is 2.53. The summed E-state index contributed by atoms with van der Waals surface area (Å²) < 4.78 is 0. The van der Waals surface area contributed by atoms with Gasteiger partial charge < -0.3 is 5.11 Å². The van der Waals surface area contributed by atoms with Gasteiger partial charge in [0.05, 0.1) is 10.7 Å². The Bertz CT molecular complexity index is 388. The number of carboxylic acid groups (broad SMARTS) is 1. The molecule has 1 atom stereocenters. The van der Waals surface area contributed by atoms with Gasteiger partial charge in [-0.15, -0.1) is 11.3 Å². The third-order valence-electron chi connectivity index (χ3n) is 2.60. The number of carbonyl (C=O) groups is 1. The van der Waals surface area contributed by atoms with Crippen LogP contribution in [0.25, 0.3) is 0 Å². The van der Waals surface area contributed by atoms with Crippen LogP contribution in [0.4, 0.5) is 0 Å². The SMILES string of the molecule is CC(C)CC(NCc1csc(C(C)C)n1)C(=O)O. The molecule has 1 heterocycles. The van der Waals surface area contributed by atoms with Crippen LogP contribution < -0.4 is 5.32 Å². The number of hydrogen-bond donors (Lipinski definition) is 2. The van der Waals surface area contributed by atoms with E-state index in [1.54, 1.807) is 11.3 Å². The fraction of sp³-hybridized carbons (Fsp3) is 0.692. The number of rotatable bonds is 7. The Morgan fingerprint density at radius 1 is 1.44 bits per heavy atom. The highest BCUT2D eigenvalue weighted by atomic mass is 32.1. The summed E-state index contributed by atoms with van der Waals surface area (Å²) in [5.74, 6) is -0.00189. The summed E-state index contributed by atoms with van der Waals surface area (Å²) in [7, 11) is 0. The highest BCUT2D eigenvalue weighted by molar-refractivity contribution is 7.09. The average Bonchev–Trinajstić information content (AvgIpc) is 2.72. The molecule has 1 aromatic rings. The van der Waals surface area contributed by atoms with Gasteiger partial charge in [-0.3, -0.25) is 10.1 Å². The Kier molecular flexibility index (Phi) is 5.75. The van der Waals surface area contributed by atoms with Gasteiger partial charge in [0.15, 0.2) is 0 Å². The molecule has 2 N–H and O–H groups in total. The van der Waals surface area contributed by atoms with E-state index in [-0.39, 0.29) is 0 Å². The summed E-state index contributed by atoms with van der Waals surface area (Å²) in [6.45, 7) is 8.78. The topological polar surface area (TPSA) is 62.2 Å². The molecule has 0 radical (unpaired) electrons. The highest BCUT2D eigenvalue weighted by Crippen LogP contribution is 2.19. The minimum atomic E-state index is -0.789. The third kappa shape index (κ3) is 4.74. The van der Waals surface area contributed by atoms with E-state index in [2.05, 4.69) is 24.1 Å². The van der Waals surface area contributed by atoms with Crippen molar-refractivity contribution in [2.75, 3.05) is 0 Å². The van der Waals surface area contributed by atoms with Crippen LogP contribution in [0.15, 0.2) is 5.38 Å². The van der Waals surface area contributed by atoms with Crippen molar-refractivity contribution in [3.63, 3.8) is 0 Å². The molecule has 0 bridgehead atoms. The summed E-state index contributed by atoms with van der Waals surface area (Å²) in [4.78, 5) is 15.6. The van der Waals surface area contributed by atoms with E-state index in [9.17, 15) is 4.79 Å². The summed E-state index contributed by atoms with van der Waals surface area (Å²) in [5.41, 5.74) is 0.929. The van der Waals surface area contributed by atoms with Gasteiger partial charge in [-0.2, -0.15) is 0 Å². The lowest BCUT2D eigenvalue weighted by molar-refractivity contribution is -0.140. The molecule has 0 saturated carbocycles. The van der Waals surface area contributed by atoms with Crippen LogP contribution in [0.1, 0.15) is 50.7 Å². The number of carboxylic acids is 1. The number of thiazole rings is 1. The lowest BCUT2D eigenvalue weighted by Crippen LogP contribution is -2.37. The van der Waals surface area contributed by atoms with Crippen LogP contribution >= 0.6 is 11.3 Å². The first-order valence-corrected chi connectivity index (χ1v) is 7.18. The molecule has 0 aromatic carbocycles. The Hall–Kier alpha value is -0.940. The second kappa shape index (κ2) is 6.85. The molecule has 1 aromatic heterocycles. The van der Waals surface area contributed by atoms with Gasteiger partial charge in [0.2, 0.25) is 0 Å². The van der Waals surface area contributed by atoms with E-state index in [0.29, 0.717) is 24.8 Å². The van der Waals surface area contributed by atoms with Gasteiger partial charge in [0, 0.05) is 17.8 Å². The maximum Gasteiger partial charge on any atom is 0.320 e. The van der Waals surface area contributed by atoms with Crippen LogP contribution in [0, 0.1) is 5.92 Å². The maximum absolute atomic E-state index is 11.1. The molecule has 0 saturated heterocycles. The maximum atomic E-state index is 11.1. The molecule has 0 aliphatic carbocycles. The monoisotopic (exact) mass is 270 g/mol. The summed E-state index contributed by atoms with van der Waals surface area (Å²) >= 11 is 1.63. The lowest BCUT2D eigenvalue weighted by atomic mass is 10.0. The van der Waals surface area contributed by atoms with E-state index >= 15 is 0 Å². The first kappa shape index (κ1) is 15.1. The van der Waals surface area contributed by atoms with Gasteiger partial charge in [-0.1, -0.05) is 27.7 Å². The minimum absolute atomic E-state index is 0.361. The molecule has 0 spiro atoms. The number of hydrogen-bond acceptors (Lipinski definition) is 4. The first-order valence-electron chi connectivity index (χ1n) is 6.30. The fourth-order valence-corrected chi connectivity index (χ4v) is 2.47. The van der Waals surface area contributed by atoms with E-state index < -0.39 is 12.0 Å². The van der Waals surface area contributed by atoms with Crippen molar-refractivity contribution in [3.8, 4) is 0 Å². The van der Waals surface area contributed by atoms with E-state index in [4.69, 9.17) is 5.11 Å². The number of aromatic nitrogens is 1. The zero-order valence-electron chi connectivity index (χ0n) is 11.4. The minimum Gasteiger partial charge on any atom is -0.480 e. The van der Waals surface area contributed by atoms with Crippen LogP contribution in [-0.2, 0) is 11.3 Å². The van der Waals surface area contributed by atoms with Gasteiger partial charge >= 0.3 is 5.97 Å². The van der Waals surface area contributed by atoms with Gasteiger partial charge in [0.25, 0.3) is 0 Å². The molecular formula is C13H22N2O2S. The Labute approximate surface area is 112 Å². The average molecular weight is 270 g/mol. The summed E-state index contributed by atoms with van der Waals surface area (Å²) in [6, 6.07) is -0.491. The van der Waals surface area contributed by atoms with Gasteiger partial charge in [0.1, 0.15) is 6.04 Å². The number of aliphatic carboxylic acids is 1. The second-order valence-corrected chi connectivity index (χ2v) is 6.12. The molecule has 4 nitrogen and oxygen atoms in total. The molecule has 5 heteroatoms. The summed E-state index contributed by atoms with van der Waals surface area (Å²) in [6.07, 6.45) is 0.635. The van der Waals surface area contributed by atoms with E-state index in [1.165, 1.54) is 0 Å². The zero-order chi connectivity index (χ0) is 13.7. The van der Waals surface area contributed by atoms with Crippen LogP contribution in [0.3, 0.4) is 0 Å².